The number of rotatable bonds is 64. The molecule has 526 valence electrons. The average Bonchev–Trinajstić information content (AvgIpc) is 1.44. The molecule has 12 atom stereocenters. The van der Waals surface area contributed by atoms with Crippen LogP contribution < -0.4 is 5.32 Å². The van der Waals surface area contributed by atoms with Crippen molar-refractivity contribution in [2.24, 2.45) is 0 Å². The zero-order chi connectivity index (χ0) is 64.5. The van der Waals surface area contributed by atoms with Crippen LogP contribution in [0.5, 0.6) is 0 Å². The highest BCUT2D eigenvalue weighted by Crippen LogP contribution is 2.30. The van der Waals surface area contributed by atoms with Gasteiger partial charge in [0.2, 0.25) is 5.91 Å². The predicted octanol–water partition coefficient (Wildman–Crippen LogP) is 16.3. The topological polar surface area (TPSA) is 228 Å². The van der Waals surface area contributed by atoms with Crippen molar-refractivity contribution < 1.29 is 64.6 Å². The zero-order valence-corrected chi connectivity index (χ0v) is 57.5. The molecule has 0 aromatic rings. The lowest BCUT2D eigenvalue weighted by atomic mass is 9.97. The Morgan fingerprint density at radius 2 is 0.719 bits per heavy atom. The van der Waals surface area contributed by atoms with E-state index in [2.05, 4.69) is 31.3 Å². The molecule has 1 amide bonds. The van der Waals surface area contributed by atoms with E-state index in [4.69, 9.17) is 18.9 Å². The lowest BCUT2D eigenvalue weighted by molar-refractivity contribution is -0.359. The van der Waals surface area contributed by atoms with E-state index in [1.165, 1.54) is 289 Å². The molecule has 14 nitrogen and oxygen atoms in total. The third-order valence-electron chi connectivity index (χ3n) is 18.9. The molecule has 0 radical (unpaired) electrons. The number of carbonyl (C=O) groups is 1. The maximum absolute atomic E-state index is 13.3. The lowest BCUT2D eigenvalue weighted by Gasteiger charge is -2.46. The third-order valence-corrected chi connectivity index (χ3v) is 18.9. The molecule has 89 heavy (non-hydrogen) atoms. The highest BCUT2D eigenvalue weighted by atomic mass is 16.7. The second-order valence-electron chi connectivity index (χ2n) is 27.1. The van der Waals surface area contributed by atoms with Crippen molar-refractivity contribution >= 4 is 5.91 Å². The molecular weight excluding hydrogens is 1120 g/mol. The molecule has 0 aromatic carbocycles. The standard InChI is InChI=1S/C75H143NO13/c1-3-5-7-9-11-13-15-17-19-21-23-24-25-26-27-28-29-30-31-32-33-34-35-36-37-38-39-40-41-43-45-47-49-51-53-55-57-59-67(80)76-63(64(79)58-56-54-52-50-48-46-44-42-22-20-18-16-14-12-10-8-6-4-2)62-86-74-72(85)70(83)73(66(61-78)88-74)89-75-71(84)69(82)68(81)65(60-77)87-75/h48,50,56,58,63-66,68-75,77-79,81-85H,3-47,49,51-55,57,59-62H2,1-2H3,(H,76,80)/b50-48+,58-56+. The smallest absolute Gasteiger partial charge is 0.220 e. The number of aliphatic hydroxyl groups is 8. The molecule has 2 rings (SSSR count). The van der Waals surface area contributed by atoms with Gasteiger partial charge in [-0.2, -0.15) is 0 Å². The zero-order valence-electron chi connectivity index (χ0n) is 57.5. The Balaban J connectivity index is 1.58. The normalized spacial score (nSPS) is 23.1. The number of ether oxygens (including phenoxy) is 4. The molecule has 0 bridgehead atoms. The van der Waals surface area contributed by atoms with Crippen LogP contribution in [0.25, 0.3) is 0 Å². The number of hydrogen-bond acceptors (Lipinski definition) is 13. The Morgan fingerprint density at radius 1 is 0.393 bits per heavy atom. The van der Waals surface area contributed by atoms with E-state index in [1.54, 1.807) is 6.08 Å². The van der Waals surface area contributed by atoms with Gasteiger partial charge >= 0.3 is 0 Å². The number of carbonyl (C=O) groups excluding carboxylic acids is 1. The van der Waals surface area contributed by atoms with Gasteiger partial charge in [-0.15, -0.1) is 0 Å². The molecule has 9 N–H and O–H groups in total. The Labute approximate surface area is 545 Å². The van der Waals surface area contributed by atoms with Crippen molar-refractivity contribution in [3.05, 3.63) is 24.3 Å². The summed E-state index contributed by atoms with van der Waals surface area (Å²) in [6.45, 7) is 2.83. The van der Waals surface area contributed by atoms with Crippen LogP contribution in [0.15, 0.2) is 24.3 Å². The summed E-state index contributed by atoms with van der Waals surface area (Å²) in [7, 11) is 0. The quantitative estimate of drug-likeness (QED) is 0.0204. The summed E-state index contributed by atoms with van der Waals surface area (Å²) in [5.74, 6) is -0.241. The first-order valence-corrected chi connectivity index (χ1v) is 38.1. The summed E-state index contributed by atoms with van der Waals surface area (Å²) in [5, 5.41) is 87.4. The van der Waals surface area contributed by atoms with E-state index in [9.17, 15) is 45.6 Å². The van der Waals surface area contributed by atoms with E-state index in [-0.39, 0.29) is 18.9 Å². The van der Waals surface area contributed by atoms with Gasteiger partial charge in [0.05, 0.1) is 32.0 Å². The molecule has 0 aromatic heterocycles. The molecule has 0 spiro atoms. The minimum Gasteiger partial charge on any atom is -0.394 e. The number of allylic oxidation sites excluding steroid dienone is 3. The van der Waals surface area contributed by atoms with Gasteiger partial charge in [-0.05, 0) is 32.1 Å². The van der Waals surface area contributed by atoms with Gasteiger partial charge in [-0.1, -0.05) is 340 Å². The van der Waals surface area contributed by atoms with Gasteiger partial charge in [0.15, 0.2) is 12.6 Å². The number of nitrogens with one attached hydrogen (secondary N) is 1. The molecule has 2 aliphatic rings. The van der Waals surface area contributed by atoms with Crippen molar-refractivity contribution in [2.45, 2.75) is 428 Å². The van der Waals surface area contributed by atoms with E-state index in [0.29, 0.717) is 12.8 Å². The van der Waals surface area contributed by atoms with Crippen molar-refractivity contribution in [3.8, 4) is 0 Å². The fraction of sp³-hybridized carbons (Fsp3) is 0.933. The molecule has 0 aliphatic carbocycles. The second kappa shape index (κ2) is 60.2. The van der Waals surface area contributed by atoms with Crippen LogP contribution in [0.1, 0.15) is 354 Å². The first-order chi connectivity index (χ1) is 43.6. The first kappa shape index (κ1) is 83.6. The van der Waals surface area contributed by atoms with E-state index in [1.807, 2.05) is 6.08 Å². The highest BCUT2D eigenvalue weighted by molar-refractivity contribution is 5.76. The minimum absolute atomic E-state index is 0.241. The second-order valence-corrected chi connectivity index (χ2v) is 27.1. The molecule has 2 fully saturated rings. The van der Waals surface area contributed by atoms with Crippen molar-refractivity contribution in [3.63, 3.8) is 0 Å². The molecule has 14 heteroatoms. The van der Waals surface area contributed by atoms with Crippen LogP contribution in [0.4, 0.5) is 0 Å². The third kappa shape index (κ3) is 44.0. The highest BCUT2D eigenvalue weighted by Gasteiger charge is 2.51. The maximum Gasteiger partial charge on any atom is 0.220 e. The molecule has 2 saturated heterocycles. The summed E-state index contributed by atoms with van der Waals surface area (Å²) in [4.78, 5) is 13.3. The van der Waals surface area contributed by atoms with Crippen LogP contribution in [0, 0.1) is 0 Å². The van der Waals surface area contributed by atoms with Crippen LogP contribution in [-0.4, -0.2) is 140 Å². The summed E-state index contributed by atoms with van der Waals surface area (Å²) >= 11 is 0. The summed E-state index contributed by atoms with van der Waals surface area (Å²) in [6, 6.07) is -0.929. The van der Waals surface area contributed by atoms with Gasteiger partial charge < -0.3 is 65.1 Å². The Kier molecular flexibility index (Phi) is 56.5. The number of unbranched alkanes of at least 4 members (excludes halogenated alkanes) is 49. The molecule has 12 unspecified atom stereocenters. The monoisotopic (exact) mass is 1270 g/mol. The Hall–Kier alpha value is -1.53. The number of amides is 1. The largest absolute Gasteiger partial charge is 0.394 e. The minimum atomic E-state index is -1.79. The predicted molar refractivity (Wildman–Crippen MR) is 365 cm³/mol. The Morgan fingerprint density at radius 3 is 1.10 bits per heavy atom. The van der Waals surface area contributed by atoms with Crippen LogP contribution in [-0.2, 0) is 23.7 Å². The molecular formula is C75H143NO13. The SMILES string of the molecule is CCCCCCCCCCCCCC/C=C/CC/C=C/C(O)C(COC1OC(CO)C(OC2OC(CO)C(O)C(O)C2O)C(O)C1O)NC(=O)CCCCCCCCCCCCCCCCCCCCCCCCCCCCCCCCCCCCCCC. The molecule has 0 saturated carbocycles. The summed E-state index contributed by atoms with van der Waals surface area (Å²) in [5.41, 5.74) is 0. The molecule has 2 heterocycles. The van der Waals surface area contributed by atoms with Crippen molar-refractivity contribution in [2.75, 3.05) is 19.8 Å². The Bertz CT molecular complexity index is 1590. The average molecular weight is 1270 g/mol. The van der Waals surface area contributed by atoms with E-state index >= 15 is 0 Å². The fourth-order valence-electron chi connectivity index (χ4n) is 12.8. The number of aliphatic hydroxyl groups excluding tert-OH is 8. The van der Waals surface area contributed by atoms with Gasteiger partial charge in [0, 0.05) is 6.42 Å². The maximum atomic E-state index is 13.3. The van der Waals surface area contributed by atoms with E-state index < -0.39 is 86.8 Å². The van der Waals surface area contributed by atoms with Crippen molar-refractivity contribution in [1.29, 1.82) is 0 Å². The lowest BCUT2D eigenvalue weighted by Crippen LogP contribution is -2.65. The molecule has 2 aliphatic heterocycles. The van der Waals surface area contributed by atoms with Gasteiger partial charge in [-0.25, -0.2) is 0 Å². The van der Waals surface area contributed by atoms with Crippen LogP contribution in [0.2, 0.25) is 0 Å². The number of hydrogen-bond donors (Lipinski definition) is 9. The van der Waals surface area contributed by atoms with Crippen LogP contribution in [0.3, 0.4) is 0 Å². The first-order valence-electron chi connectivity index (χ1n) is 38.1. The van der Waals surface area contributed by atoms with E-state index in [0.717, 1.165) is 32.1 Å². The van der Waals surface area contributed by atoms with Gasteiger partial charge in [0.25, 0.3) is 0 Å². The van der Waals surface area contributed by atoms with Crippen LogP contribution >= 0.6 is 0 Å². The summed E-state index contributed by atoms with van der Waals surface area (Å²) < 4.78 is 22.8. The fourth-order valence-corrected chi connectivity index (χ4v) is 12.8. The van der Waals surface area contributed by atoms with Gasteiger partial charge in [0.1, 0.15) is 48.8 Å². The van der Waals surface area contributed by atoms with Gasteiger partial charge in [-0.3, -0.25) is 4.79 Å². The van der Waals surface area contributed by atoms with Crippen molar-refractivity contribution in [1.82, 2.24) is 5.32 Å². The summed E-state index contributed by atoms with van der Waals surface area (Å²) in [6.07, 6.45) is 59.9.